The Kier molecular flexibility index (Phi) is 5.56. The van der Waals surface area contributed by atoms with Crippen molar-refractivity contribution in [1.82, 2.24) is 14.8 Å². The second-order valence-corrected chi connectivity index (χ2v) is 5.07. The first kappa shape index (κ1) is 15.0. The third-order valence-corrected chi connectivity index (χ3v) is 3.50. The Morgan fingerprint density at radius 2 is 2.00 bits per heavy atom. The Morgan fingerprint density at radius 1 is 1.20 bits per heavy atom. The van der Waals surface area contributed by atoms with Crippen molar-refractivity contribution in [2.45, 2.75) is 32.2 Å². The lowest BCUT2D eigenvalue weighted by Gasteiger charge is -2.08. The van der Waals surface area contributed by atoms with Crippen LogP contribution in [0.15, 0.2) is 24.3 Å². The Labute approximate surface area is 124 Å². The van der Waals surface area contributed by atoms with Gasteiger partial charge in [-0.3, -0.25) is 0 Å². The number of hydrogen-bond donors (Lipinski definition) is 0. The second kappa shape index (κ2) is 7.41. The predicted molar refractivity (Wildman–Crippen MR) is 80.0 cm³/mol. The number of aryl methyl sites for hydroxylation is 3. The smallest absolute Gasteiger partial charge is 0.148 e. The van der Waals surface area contributed by atoms with Crippen LogP contribution in [0.25, 0.3) is 0 Å². The first-order valence-electron chi connectivity index (χ1n) is 6.76. The third-order valence-electron chi connectivity index (χ3n) is 3.26. The van der Waals surface area contributed by atoms with Crippen LogP contribution in [0.2, 0.25) is 0 Å². The first-order chi connectivity index (χ1) is 9.74. The van der Waals surface area contributed by atoms with Gasteiger partial charge in [-0.25, -0.2) is 0 Å². The summed E-state index contributed by atoms with van der Waals surface area (Å²) in [5, 5.41) is 8.39. The summed E-state index contributed by atoms with van der Waals surface area (Å²) in [6.07, 6.45) is 1.81. The average molecular weight is 294 g/mol. The van der Waals surface area contributed by atoms with Crippen LogP contribution in [0.4, 0.5) is 0 Å². The number of nitrogens with zero attached hydrogens (tertiary/aromatic N) is 3. The SMILES string of the molecule is COCCn1c(CCl)nnc1CCc1cccc(C)c1. The lowest BCUT2D eigenvalue weighted by molar-refractivity contribution is 0.185. The van der Waals surface area contributed by atoms with Crippen molar-refractivity contribution < 1.29 is 4.74 Å². The molecule has 4 nitrogen and oxygen atoms in total. The first-order valence-corrected chi connectivity index (χ1v) is 7.29. The Morgan fingerprint density at radius 3 is 2.70 bits per heavy atom. The highest BCUT2D eigenvalue weighted by molar-refractivity contribution is 6.16. The third kappa shape index (κ3) is 3.81. The van der Waals surface area contributed by atoms with Crippen molar-refractivity contribution in [2.24, 2.45) is 0 Å². The van der Waals surface area contributed by atoms with E-state index in [4.69, 9.17) is 16.3 Å². The minimum atomic E-state index is 0.376. The molecule has 0 atom stereocenters. The molecule has 1 aromatic heterocycles. The van der Waals surface area contributed by atoms with Gasteiger partial charge < -0.3 is 9.30 Å². The van der Waals surface area contributed by atoms with Gasteiger partial charge in [-0.15, -0.1) is 21.8 Å². The molecule has 0 bridgehead atoms. The van der Waals surface area contributed by atoms with Crippen LogP contribution < -0.4 is 0 Å². The number of benzene rings is 1. The maximum atomic E-state index is 5.90. The standard InChI is InChI=1S/C15H20ClN3O/c1-12-4-3-5-13(10-12)6-7-14-17-18-15(11-16)19(14)8-9-20-2/h3-5,10H,6-9,11H2,1-2H3. The normalized spacial score (nSPS) is 10.9. The maximum absolute atomic E-state index is 5.90. The highest BCUT2D eigenvalue weighted by Gasteiger charge is 2.11. The van der Waals surface area contributed by atoms with Crippen LogP contribution in [0.3, 0.4) is 0 Å². The van der Waals surface area contributed by atoms with E-state index < -0.39 is 0 Å². The van der Waals surface area contributed by atoms with Crippen LogP contribution >= 0.6 is 11.6 Å². The zero-order valence-corrected chi connectivity index (χ0v) is 12.7. The van der Waals surface area contributed by atoms with Gasteiger partial charge in [0.05, 0.1) is 12.5 Å². The number of rotatable bonds is 7. The van der Waals surface area contributed by atoms with Crippen molar-refractivity contribution in [3.8, 4) is 0 Å². The van der Waals surface area contributed by atoms with Gasteiger partial charge in [0.1, 0.15) is 11.6 Å². The lowest BCUT2D eigenvalue weighted by Crippen LogP contribution is -2.12. The molecular weight excluding hydrogens is 274 g/mol. The molecule has 0 amide bonds. The quantitative estimate of drug-likeness (QED) is 0.737. The highest BCUT2D eigenvalue weighted by Crippen LogP contribution is 2.11. The molecule has 2 aromatic rings. The van der Waals surface area contributed by atoms with Crippen molar-refractivity contribution in [1.29, 1.82) is 0 Å². The second-order valence-electron chi connectivity index (χ2n) is 4.80. The van der Waals surface area contributed by atoms with E-state index in [-0.39, 0.29) is 0 Å². The molecule has 0 radical (unpaired) electrons. The topological polar surface area (TPSA) is 39.9 Å². The summed E-state index contributed by atoms with van der Waals surface area (Å²) in [5.41, 5.74) is 2.60. The van der Waals surface area contributed by atoms with E-state index in [0.717, 1.165) is 31.0 Å². The van der Waals surface area contributed by atoms with E-state index >= 15 is 0 Å². The maximum Gasteiger partial charge on any atom is 0.148 e. The van der Waals surface area contributed by atoms with Crippen LogP contribution in [0.1, 0.15) is 22.8 Å². The molecule has 108 valence electrons. The van der Waals surface area contributed by atoms with Crippen LogP contribution in [0.5, 0.6) is 0 Å². The predicted octanol–water partition coefficient (Wildman–Crippen LogP) is 2.76. The molecule has 1 aromatic carbocycles. The number of methoxy groups -OCH3 is 1. The Balaban J connectivity index is 2.06. The number of hydrogen-bond acceptors (Lipinski definition) is 3. The van der Waals surface area contributed by atoms with E-state index in [1.165, 1.54) is 11.1 Å². The largest absolute Gasteiger partial charge is 0.383 e. The van der Waals surface area contributed by atoms with Gasteiger partial charge >= 0.3 is 0 Å². The summed E-state index contributed by atoms with van der Waals surface area (Å²) in [5.74, 6) is 2.16. The fourth-order valence-corrected chi connectivity index (χ4v) is 2.42. The zero-order valence-electron chi connectivity index (χ0n) is 12.0. The van der Waals surface area contributed by atoms with Gasteiger partial charge in [-0.2, -0.15) is 0 Å². The molecule has 0 N–H and O–H groups in total. The molecule has 0 saturated heterocycles. The molecule has 1 heterocycles. The summed E-state index contributed by atoms with van der Waals surface area (Å²) >= 11 is 5.90. The monoisotopic (exact) mass is 293 g/mol. The van der Waals surface area contributed by atoms with Crippen molar-refractivity contribution in [2.75, 3.05) is 13.7 Å². The van der Waals surface area contributed by atoms with Gasteiger partial charge in [0.2, 0.25) is 0 Å². The Bertz CT molecular complexity index is 554. The molecule has 2 rings (SSSR count). The van der Waals surface area contributed by atoms with E-state index in [9.17, 15) is 0 Å². The lowest BCUT2D eigenvalue weighted by atomic mass is 10.1. The van der Waals surface area contributed by atoms with Gasteiger partial charge in [0.25, 0.3) is 0 Å². The van der Waals surface area contributed by atoms with Crippen LogP contribution in [0, 0.1) is 6.92 Å². The summed E-state index contributed by atoms with van der Waals surface area (Å²) in [7, 11) is 1.69. The van der Waals surface area contributed by atoms with E-state index in [1.807, 2.05) is 0 Å². The summed E-state index contributed by atoms with van der Waals surface area (Å²) in [6.45, 7) is 3.49. The van der Waals surface area contributed by atoms with E-state index in [2.05, 4.69) is 46.0 Å². The molecule has 0 aliphatic carbocycles. The minimum Gasteiger partial charge on any atom is -0.383 e. The number of halogens is 1. The summed E-state index contributed by atoms with van der Waals surface area (Å²) in [4.78, 5) is 0. The summed E-state index contributed by atoms with van der Waals surface area (Å²) in [6, 6.07) is 8.55. The molecule has 20 heavy (non-hydrogen) atoms. The minimum absolute atomic E-state index is 0.376. The van der Waals surface area contributed by atoms with Gasteiger partial charge in [-0.05, 0) is 18.9 Å². The molecule has 0 aliphatic rings. The average Bonchev–Trinajstić information content (AvgIpc) is 2.85. The van der Waals surface area contributed by atoms with Crippen LogP contribution in [-0.4, -0.2) is 28.5 Å². The van der Waals surface area contributed by atoms with Crippen molar-refractivity contribution >= 4 is 11.6 Å². The van der Waals surface area contributed by atoms with Gasteiger partial charge in [0.15, 0.2) is 0 Å². The fourth-order valence-electron chi connectivity index (χ4n) is 2.22. The Hall–Kier alpha value is -1.39. The van der Waals surface area contributed by atoms with Crippen molar-refractivity contribution in [3.05, 3.63) is 47.0 Å². The van der Waals surface area contributed by atoms with Gasteiger partial charge in [0, 0.05) is 20.1 Å². The molecule has 0 aliphatic heterocycles. The number of alkyl halides is 1. The molecule has 0 spiro atoms. The van der Waals surface area contributed by atoms with E-state index in [0.29, 0.717) is 12.5 Å². The van der Waals surface area contributed by atoms with E-state index in [1.54, 1.807) is 7.11 Å². The van der Waals surface area contributed by atoms with Gasteiger partial charge in [-0.1, -0.05) is 29.8 Å². The fraction of sp³-hybridized carbons (Fsp3) is 0.467. The number of ether oxygens (including phenoxy) is 1. The molecule has 5 heteroatoms. The summed E-state index contributed by atoms with van der Waals surface area (Å²) < 4.78 is 7.19. The molecule has 0 saturated carbocycles. The number of aromatic nitrogens is 3. The zero-order chi connectivity index (χ0) is 14.4. The molecule has 0 fully saturated rings. The van der Waals surface area contributed by atoms with Crippen molar-refractivity contribution in [3.63, 3.8) is 0 Å². The molecular formula is C15H20ClN3O. The molecule has 0 unspecified atom stereocenters. The van der Waals surface area contributed by atoms with Crippen LogP contribution in [-0.2, 0) is 30.0 Å². The highest BCUT2D eigenvalue weighted by atomic mass is 35.5.